The van der Waals surface area contributed by atoms with Gasteiger partial charge in [0.25, 0.3) is 5.91 Å². The Balaban J connectivity index is 1.66. The number of carbonyl (C=O) groups is 1. The number of β-amino-alcohol motifs (C(OH)–C–C–N with tert-alkyl or cyclic N) is 1. The lowest BCUT2D eigenvalue weighted by atomic mass is 10.1. The minimum absolute atomic E-state index is 0.0793. The highest BCUT2D eigenvalue weighted by Crippen LogP contribution is 2.20. The average Bonchev–Trinajstić information content (AvgIpc) is 3.16. The molecule has 0 radical (unpaired) electrons. The second-order valence-electron chi connectivity index (χ2n) is 5.15. The van der Waals surface area contributed by atoms with Gasteiger partial charge in [0.1, 0.15) is 0 Å². The third-order valence-corrected chi connectivity index (χ3v) is 4.27. The molecule has 1 aromatic carbocycles. The molecular formula is C15H17N3O2S. The minimum Gasteiger partial charge on any atom is -0.391 e. The molecule has 1 aliphatic heterocycles. The molecule has 0 saturated carbocycles. The standard InChI is InChI=1S/C15H17N3O2S/c19-14-7-16-5-12(14)6-17-15(20)11-3-1-2-10(4-11)13-8-21-9-18-13/h1-4,8-9,12,14,16,19H,5-7H2,(H,17,20). The van der Waals surface area contributed by atoms with Gasteiger partial charge in [-0.2, -0.15) is 0 Å². The number of aliphatic hydroxyl groups is 1. The first-order chi connectivity index (χ1) is 10.2. The molecule has 0 bridgehead atoms. The molecule has 1 fully saturated rings. The minimum atomic E-state index is -0.383. The van der Waals surface area contributed by atoms with Crippen LogP contribution in [0.15, 0.2) is 35.2 Å². The van der Waals surface area contributed by atoms with Gasteiger partial charge in [-0.15, -0.1) is 11.3 Å². The molecule has 110 valence electrons. The molecule has 5 nitrogen and oxygen atoms in total. The number of aromatic nitrogens is 1. The predicted molar refractivity (Wildman–Crippen MR) is 82.2 cm³/mol. The van der Waals surface area contributed by atoms with Gasteiger partial charge >= 0.3 is 0 Å². The highest BCUT2D eigenvalue weighted by atomic mass is 32.1. The number of amides is 1. The number of aliphatic hydroxyl groups excluding tert-OH is 1. The fourth-order valence-corrected chi connectivity index (χ4v) is 2.99. The summed E-state index contributed by atoms with van der Waals surface area (Å²) in [5.74, 6) is -0.0400. The van der Waals surface area contributed by atoms with Gasteiger partial charge in [-0.1, -0.05) is 12.1 Å². The molecule has 0 aliphatic carbocycles. The van der Waals surface area contributed by atoms with E-state index in [0.29, 0.717) is 18.7 Å². The van der Waals surface area contributed by atoms with Gasteiger partial charge in [-0.25, -0.2) is 4.98 Å². The maximum absolute atomic E-state index is 12.2. The molecule has 1 aliphatic rings. The first kappa shape index (κ1) is 14.2. The average molecular weight is 303 g/mol. The van der Waals surface area contributed by atoms with Crippen molar-refractivity contribution < 1.29 is 9.90 Å². The van der Waals surface area contributed by atoms with Crippen LogP contribution in [-0.4, -0.2) is 41.7 Å². The van der Waals surface area contributed by atoms with E-state index in [-0.39, 0.29) is 17.9 Å². The first-order valence-corrected chi connectivity index (χ1v) is 7.84. The highest BCUT2D eigenvalue weighted by molar-refractivity contribution is 7.07. The van der Waals surface area contributed by atoms with Crippen LogP contribution in [0.2, 0.25) is 0 Å². The number of thiazole rings is 1. The summed E-state index contributed by atoms with van der Waals surface area (Å²) in [6.45, 7) is 1.81. The Kier molecular flexibility index (Phi) is 4.28. The molecule has 1 aromatic heterocycles. The number of hydrogen-bond acceptors (Lipinski definition) is 5. The highest BCUT2D eigenvalue weighted by Gasteiger charge is 2.25. The molecular weight excluding hydrogens is 286 g/mol. The van der Waals surface area contributed by atoms with Gasteiger partial charge in [-0.3, -0.25) is 4.79 Å². The number of benzene rings is 1. The summed E-state index contributed by atoms with van der Waals surface area (Å²) in [5.41, 5.74) is 4.20. The molecule has 2 unspecified atom stereocenters. The number of carbonyl (C=O) groups excluding carboxylic acids is 1. The van der Waals surface area contributed by atoms with E-state index in [1.807, 2.05) is 23.6 Å². The summed E-state index contributed by atoms with van der Waals surface area (Å²) in [7, 11) is 0. The van der Waals surface area contributed by atoms with Crippen molar-refractivity contribution in [2.24, 2.45) is 5.92 Å². The van der Waals surface area contributed by atoms with Crippen molar-refractivity contribution in [1.82, 2.24) is 15.6 Å². The lowest BCUT2D eigenvalue weighted by Gasteiger charge is -2.14. The Hall–Kier alpha value is -1.76. The molecule has 0 spiro atoms. The van der Waals surface area contributed by atoms with Gasteiger partial charge in [0.2, 0.25) is 0 Å². The van der Waals surface area contributed by atoms with Crippen LogP contribution in [0, 0.1) is 5.92 Å². The second-order valence-corrected chi connectivity index (χ2v) is 5.87. The van der Waals surface area contributed by atoms with E-state index >= 15 is 0 Å². The molecule has 21 heavy (non-hydrogen) atoms. The van der Waals surface area contributed by atoms with Gasteiger partial charge in [-0.05, 0) is 12.1 Å². The van der Waals surface area contributed by atoms with Crippen LogP contribution in [0.5, 0.6) is 0 Å². The Morgan fingerprint density at radius 3 is 3.10 bits per heavy atom. The number of nitrogens with one attached hydrogen (secondary N) is 2. The smallest absolute Gasteiger partial charge is 0.251 e. The molecule has 2 aromatic rings. The van der Waals surface area contributed by atoms with Gasteiger partial charge in [0.15, 0.2) is 0 Å². The number of rotatable bonds is 4. The number of nitrogens with zero attached hydrogens (tertiary/aromatic N) is 1. The summed E-state index contributed by atoms with van der Waals surface area (Å²) in [6, 6.07) is 7.42. The largest absolute Gasteiger partial charge is 0.391 e. The third-order valence-electron chi connectivity index (χ3n) is 3.68. The van der Waals surface area contributed by atoms with Crippen molar-refractivity contribution in [1.29, 1.82) is 0 Å². The van der Waals surface area contributed by atoms with E-state index in [1.54, 1.807) is 11.6 Å². The van der Waals surface area contributed by atoms with Crippen LogP contribution in [0.1, 0.15) is 10.4 Å². The number of hydrogen-bond donors (Lipinski definition) is 3. The van der Waals surface area contributed by atoms with E-state index in [9.17, 15) is 9.90 Å². The zero-order valence-electron chi connectivity index (χ0n) is 11.5. The van der Waals surface area contributed by atoms with Crippen molar-refractivity contribution in [3.8, 4) is 11.3 Å². The van der Waals surface area contributed by atoms with Gasteiger partial charge in [0, 0.05) is 42.1 Å². The lowest BCUT2D eigenvalue weighted by Crippen LogP contribution is -2.34. The van der Waals surface area contributed by atoms with E-state index in [0.717, 1.165) is 17.8 Å². The zero-order chi connectivity index (χ0) is 14.7. The van der Waals surface area contributed by atoms with E-state index in [4.69, 9.17) is 0 Å². The van der Waals surface area contributed by atoms with Crippen molar-refractivity contribution in [2.75, 3.05) is 19.6 Å². The Morgan fingerprint density at radius 1 is 1.48 bits per heavy atom. The van der Waals surface area contributed by atoms with Crippen LogP contribution < -0.4 is 10.6 Å². The SMILES string of the molecule is O=C(NCC1CNCC1O)c1cccc(-c2cscn2)c1. The van der Waals surface area contributed by atoms with E-state index < -0.39 is 0 Å². The molecule has 3 rings (SSSR count). The van der Waals surface area contributed by atoms with Gasteiger partial charge in [0.05, 0.1) is 17.3 Å². The lowest BCUT2D eigenvalue weighted by molar-refractivity contribution is 0.0927. The molecule has 1 amide bonds. The summed E-state index contributed by atoms with van der Waals surface area (Å²) < 4.78 is 0. The monoisotopic (exact) mass is 303 g/mol. The van der Waals surface area contributed by atoms with Gasteiger partial charge < -0.3 is 15.7 Å². The van der Waals surface area contributed by atoms with Crippen LogP contribution >= 0.6 is 11.3 Å². The van der Waals surface area contributed by atoms with Crippen LogP contribution in [0.25, 0.3) is 11.3 Å². The normalized spacial score (nSPS) is 21.4. The summed E-state index contributed by atoms with van der Waals surface area (Å²) in [4.78, 5) is 16.5. The first-order valence-electron chi connectivity index (χ1n) is 6.89. The summed E-state index contributed by atoms with van der Waals surface area (Å²) in [6.07, 6.45) is -0.383. The second kappa shape index (κ2) is 6.34. The van der Waals surface area contributed by atoms with E-state index in [2.05, 4.69) is 15.6 Å². The zero-order valence-corrected chi connectivity index (χ0v) is 12.3. The molecule has 2 heterocycles. The van der Waals surface area contributed by atoms with Crippen LogP contribution in [0.4, 0.5) is 0 Å². The quantitative estimate of drug-likeness (QED) is 0.791. The Bertz CT molecular complexity index is 615. The van der Waals surface area contributed by atoms with Crippen molar-refractivity contribution in [2.45, 2.75) is 6.10 Å². The Labute approximate surface area is 127 Å². The summed E-state index contributed by atoms with van der Waals surface area (Å²) >= 11 is 1.53. The molecule has 2 atom stereocenters. The predicted octanol–water partition coefficient (Wildman–Crippen LogP) is 1.12. The Morgan fingerprint density at radius 2 is 2.38 bits per heavy atom. The van der Waals surface area contributed by atoms with Crippen molar-refractivity contribution in [3.63, 3.8) is 0 Å². The summed E-state index contributed by atoms with van der Waals surface area (Å²) in [5, 5.41) is 17.7. The molecule has 6 heteroatoms. The van der Waals surface area contributed by atoms with Crippen molar-refractivity contribution in [3.05, 3.63) is 40.7 Å². The maximum Gasteiger partial charge on any atom is 0.251 e. The molecule has 1 saturated heterocycles. The van der Waals surface area contributed by atoms with E-state index in [1.165, 1.54) is 11.3 Å². The van der Waals surface area contributed by atoms with Crippen LogP contribution in [0.3, 0.4) is 0 Å². The fourth-order valence-electron chi connectivity index (χ4n) is 2.43. The molecule has 3 N–H and O–H groups in total. The topological polar surface area (TPSA) is 74.2 Å². The fraction of sp³-hybridized carbons (Fsp3) is 0.333. The maximum atomic E-state index is 12.2. The van der Waals surface area contributed by atoms with Crippen LogP contribution in [-0.2, 0) is 0 Å². The third kappa shape index (κ3) is 3.29. The van der Waals surface area contributed by atoms with Crippen molar-refractivity contribution >= 4 is 17.2 Å².